The molecule has 0 radical (unpaired) electrons. The van der Waals surface area contributed by atoms with Crippen molar-refractivity contribution >= 4 is 11.5 Å². The lowest BCUT2D eigenvalue weighted by molar-refractivity contribution is 0.640. The molecule has 1 aromatic rings. The first-order valence-electron chi connectivity index (χ1n) is 5.29. The summed E-state index contributed by atoms with van der Waals surface area (Å²) in [6.07, 6.45) is 5.51. The molecule has 3 nitrogen and oxygen atoms in total. The van der Waals surface area contributed by atoms with Gasteiger partial charge in [-0.1, -0.05) is 6.92 Å². The Morgan fingerprint density at radius 1 is 1.57 bits per heavy atom. The average Bonchev–Trinajstić information content (AvgIpc) is 2.67. The first-order chi connectivity index (χ1) is 6.81. The van der Waals surface area contributed by atoms with Crippen LogP contribution in [0.5, 0.6) is 0 Å². The fourth-order valence-corrected chi connectivity index (χ4v) is 2.13. The van der Waals surface area contributed by atoms with Gasteiger partial charge in [0.25, 0.3) is 0 Å². The predicted molar refractivity (Wildman–Crippen MR) is 59.3 cm³/mol. The number of anilines is 2. The molecule has 2 N–H and O–H groups in total. The van der Waals surface area contributed by atoms with E-state index in [0.29, 0.717) is 6.04 Å². The number of nitrogen functional groups attached to an aromatic ring is 1. The first kappa shape index (κ1) is 9.31. The summed E-state index contributed by atoms with van der Waals surface area (Å²) in [6, 6.07) is 4.61. The van der Waals surface area contributed by atoms with Gasteiger partial charge in [0.1, 0.15) is 5.82 Å². The van der Waals surface area contributed by atoms with E-state index in [1.165, 1.54) is 19.3 Å². The Kier molecular flexibility index (Phi) is 2.57. The number of nitrogens with zero attached hydrogens (tertiary/aromatic N) is 2. The Bertz CT molecular complexity index is 294. The maximum atomic E-state index is 5.61. The van der Waals surface area contributed by atoms with Crippen molar-refractivity contribution in [2.24, 2.45) is 0 Å². The molecule has 1 aliphatic heterocycles. The van der Waals surface area contributed by atoms with E-state index in [-0.39, 0.29) is 0 Å². The normalized spacial score (nSPS) is 21.5. The Morgan fingerprint density at radius 2 is 2.43 bits per heavy atom. The van der Waals surface area contributed by atoms with Gasteiger partial charge in [-0.05, 0) is 31.4 Å². The largest absolute Gasteiger partial charge is 0.397 e. The SMILES string of the molecule is CCC1CCCN1c1ccc(N)cn1. The lowest BCUT2D eigenvalue weighted by Crippen LogP contribution is -2.29. The summed E-state index contributed by atoms with van der Waals surface area (Å²) in [5.74, 6) is 1.07. The molecule has 0 amide bonds. The molecule has 2 heterocycles. The van der Waals surface area contributed by atoms with Gasteiger partial charge in [-0.25, -0.2) is 4.98 Å². The second-order valence-electron chi connectivity index (χ2n) is 3.85. The number of pyridine rings is 1. The van der Waals surface area contributed by atoms with Gasteiger partial charge in [-0.2, -0.15) is 0 Å². The van der Waals surface area contributed by atoms with Crippen LogP contribution in [0.2, 0.25) is 0 Å². The molecule has 0 aromatic carbocycles. The summed E-state index contributed by atoms with van der Waals surface area (Å²) in [5.41, 5.74) is 6.35. The van der Waals surface area contributed by atoms with E-state index in [9.17, 15) is 0 Å². The maximum Gasteiger partial charge on any atom is 0.128 e. The molecule has 1 unspecified atom stereocenters. The summed E-state index contributed by atoms with van der Waals surface area (Å²) in [5, 5.41) is 0. The smallest absolute Gasteiger partial charge is 0.128 e. The Morgan fingerprint density at radius 3 is 3.07 bits per heavy atom. The Hall–Kier alpha value is -1.25. The van der Waals surface area contributed by atoms with Gasteiger partial charge >= 0.3 is 0 Å². The van der Waals surface area contributed by atoms with Crippen LogP contribution in [-0.2, 0) is 0 Å². The van der Waals surface area contributed by atoms with Crippen molar-refractivity contribution in [2.45, 2.75) is 32.2 Å². The molecule has 1 aliphatic rings. The lowest BCUT2D eigenvalue weighted by Gasteiger charge is -2.24. The highest BCUT2D eigenvalue weighted by molar-refractivity contribution is 5.47. The van der Waals surface area contributed by atoms with Crippen molar-refractivity contribution < 1.29 is 0 Å². The highest BCUT2D eigenvalue weighted by Gasteiger charge is 2.23. The quantitative estimate of drug-likeness (QED) is 0.777. The average molecular weight is 191 g/mol. The number of hydrogen-bond acceptors (Lipinski definition) is 3. The van der Waals surface area contributed by atoms with E-state index in [4.69, 9.17) is 5.73 Å². The van der Waals surface area contributed by atoms with Crippen LogP contribution in [0.4, 0.5) is 11.5 Å². The Labute approximate surface area is 84.9 Å². The van der Waals surface area contributed by atoms with Crippen LogP contribution < -0.4 is 10.6 Å². The third-order valence-electron chi connectivity index (χ3n) is 2.91. The van der Waals surface area contributed by atoms with E-state index < -0.39 is 0 Å². The molecule has 76 valence electrons. The lowest BCUT2D eigenvalue weighted by atomic mass is 10.2. The molecule has 0 aliphatic carbocycles. The van der Waals surface area contributed by atoms with Gasteiger partial charge in [-0.15, -0.1) is 0 Å². The molecule has 1 aromatic heterocycles. The molecular weight excluding hydrogens is 174 g/mol. The molecule has 1 atom stereocenters. The van der Waals surface area contributed by atoms with Crippen LogP contribution in [0.15, 0.2) is 18.3 Å². The van der Waals surface area contributed by atoms with Crippen molar-refractivity contribution in [1.29, 1.82) is 0 Å². The van der Waals surface area contributed by atoms with Crippen LogP contribution in [0.1, 0.15) is 26.2 Å². The number of hydrogen-bond donors (Lipinski definition) is 1. The molecule has 1 saturated heterocycles. The van der Waals surface area contributed by atoms with Gasteiger partial charge in [0.05, 0.1) is 11.9 Å². The zero-order valence-corrected chi connectivity index (χ0v) is 8.61. The highest BCUT2D eigenvalue weighted by Crippen LogP contribution is 2.25. The number of nitrogens with two attached hydrogens (primary N) is 1. The predicted octanol–water partition coefficient (Wildman–Crippen LogP) is 2.04. The van der Waals surface area contributed by atoms with Gasteiger partial charge in [0.15, 0.2) is 0 Å². The van der Waals surface area contributed by atoms with E-state index >= 15 is 0 Å². The van der Waals surface area contributed by atoms with E-state index in [2.05, 4.69) is 16.8 Å². The molecule has 0 bridgehead atoms. The third-order valence-corrected chi connectivity index (χ3v) is 2.91. The zero-order valence-electron chi connectivity index (χ0n) is 8.61. The van der Waals surface area contributed by atoms with Crippen molar-refractivity contribution in [3.8, 4) is 0 Å². The monoisotopic (exact) mass is 191 g/mol. The molecule has 0 saturated carbocycles. The van der Waals surface area contributed by atoms with E-state index in [0.717, 1.165) is 18.1 Å². The summed E-state index contributed by atoms with van der Waals surface area (Å²) in [7, 11) is 0. The molecule has 2 rings (SSSR count). The summed E-state index contributed by atoms with van der Waals surface area (Å²) >= 11 is 0. The molecule has 1 fully saturated rings. The van der Waals surface area contributed by atoms with Gasteiger partial charge in [-0.3, -0.25) is 0 Å². The van der Waals surface area contributed by atoms with Gasteiger partial charge in [0, 0.05) is 12.6 Å². The molecule has 14 heavy (non-hydrogen) atoms. The summed E-state index contributed by atoms with van der Waals surface area (Å²) in [6.45, 7) is 3.37. The summed E-state index contributed by atoms with van der Waals surface area (Å²) < 4.78 is 0. The van der Waals surface area contributed by atoms with Crippen molar-refractivity contribution in [3.63, 3.8) is 0 Å². The second-order valence-corrected chi connectivity index (χ2v) is 3.85. The fourth-order valence-electron chi connectivity index (χ4n) is 2.13. The van der Waals surface area contributed by atoms with Crippen LogP contribution in [0, 0.1) is 0 Å². The van der Waals surface area contributed by atoms with Crippen LogP contribution in [0.25, 0.3) is 0 Å². The minimum atomic E-state index is 0.672. The number of aromatic nitrogens is 1. The highest BCUT2D eigenvalue weighted by atomic mass is 15.2. The third kappa shape index (κ3) is 1.67. The van der Waals surface area contributed by atoms with Crippen LogP contribution in [-0.4, -0.2) is 17.6 Å². The zero-order chi connectivity index (χ0) is 9.97. The van der Waals surface area contributed by atoms with Crippen LogP contribution in [0.3, 0.4) is 0 Å². The first-order valence-corrected chi connectivity index (χ1v) is 5.29. The topological polar surface area (TPSA) is 42.1 Å². The van der Waals surface area contributed by atoms with Gasteiger partial charge in [0.2, 0.25) is 0 Å². The van der Waals surface area contributed by atoms with Crippen molar-refractivity contribution in [3.05, 3.63) is 18.3 Å². The molecule has 3 heteroatoms. The van der Waals surface area contributed by atoms with Gasteiger partial charge < -0.3 is 10.6 Å². The standard InChI is InChI=1S/C11H17N3/c1-2-10-4-3-7-14(10)11-6-5-9(12)8-13-11/h5-6,8,10H,2-4,7,12H2,1H3. The Balaban J connectivity index is 2.17. The van der Waals surface area contributed by atoms with E-state index in [1.54, 1.807) is 6.20 Å². The molecular formula is C11H17N3. The van der Waals surface area contributed by atoms with Crippen molar-refractivity contribution in [2.75, 3.05) is 17.2 Å². The fraction of sp³-hybridized carbons (Fsp3) is 0.545. The van der Waals surface area contributed by atoms with E-state index in [1.807, 2.05) is 12.1 Å². The number of rotatable bonds is 2. The summed E-state index contributed by atoms with van der Waals surface area (Å²) in [4.78, 5) is 6.75. The molecule has 0 spiro atoms. The second kappa shape index (κ2) is 3.86. The minimum absolute atomic E-state index is 0.672. The van der Waals surface area contributed by atoms with Crippen molar-refractivity contribution in [1.82, 2.24) is 4.98 Å². The minimum Gasteiger partial charge on any atom is -0.397 e. The maximum absolute atomic E-state index is 5.61. The van der Waals surface area contributed by atoms with Crippen LogP contribution >= 0.6 is 0 Å².